The maximum absolute atomic E-state index is 11.9. The van der Waals surface area contributed by atoms with Crippen molar-refractivity contribution >= 4 is 8.03 Å². The van der Waals surface area contributed by atoms with E-state index in [0.717, 1.165) is 17.7 Å². The van der Waals surface area contributed by atoms with Gasteiger partial charge in [-0.2, -0.15) is 0 Å². The van der Waals surface area contributed by atoms with E-state index < -0.39 is 8.03 Å². The summed E-state index contributed by atoms with van der Waals surface area (Å²) >= 11 is 0. The normalized spacial score (nSPS) is 11.8. The Morgan fingerprint density at radius 1 is 1.04 bits per heavy atom. The van der Waals surface area contributed by atoms with Gasteiger partial charge in [0.15, 0.2) is 6.79 Å². The number of aryl methyl sites for hydroxylation is 2. The molecule has 28 heavy (non-hydrogen) atoms. The summed E-state index contributed by atoms with van der Waals surface area (Å²) in [5.74, 6) is 1.25. The van der Waals surface area contributed by atoms with Crippen LogP contribution in [0.2, 0.25) is 0 Å². The van der Waals surface area contributed by atoms with E-state index in [1.165, 1.54) is 27.8 Å². The summed E-state index contributed by atoms with van der Waals surface area (Å²) in [5, 5.41) is 0. The van der Waals surface area contributed by atoms with Crippen LogP contribution in [0.4, 0.5) is 0 Å². The molecule has 2 rings (SSSR count). The number of ether oxygens (including phenoxy) is 2. The molecule has 0 radical (unpaired) electrons. The third-order valence-corrected chi connectivity index (χ3v) is 5.92. The molecular weight excluding hydrogens is 371 g/mol. The fourth-order valence-electron chi connectivity index (χ4n) is 3.41. The van der Waals surface area contributed by atoms with Gasteiger partial charge >= 0.3 is 8.03 Å². The Kier molecular flexibility index (Phi) is 8.62. The van der Waals surface area contributed by atoms with Crippen molar-refractivity contribution in [2.24, 2.45) is 0 Å². The smallest absolute Gasteiger partial charge is 0.467 e. The first-order chi connectivity index (χ1) is 13.3. The van der Waals surface area contributed by atoms with E-state index in [0.29, 0.717) is 18.7 Å². The van der Waals surface area contributed by atoms with Crippen molar-refractivity contribution in [2.75, 3.05) is 20.5 Å². The van der Waals surface area contributed by atoms with Gasteiger partial charge in [0.1, 0.15) is 5.75 Å². The van der Waals surface area contributed by atoms with Crippen molar-refractivity contribution in [1.29, 1.82) is 0 Å². The van der Waals surface area contributed by atoms with Gasteiger partial charge in [0, 0.05) is 12.7 Å². The van der Waals surface area contributed by atoms with E-state index in [1.807, 2.05) is 13.0 Å². The van der Waals surface area contributed by atoms with Crippen LogP contribution in [0.1, 0.15) is 60.1 Å². The first-order valence-corrected chi connectivity index (χ1v) is 11.1. The zero-order valence-electron chi connectivity index (χ0n) is 17.9. The largest absolute Gasteiger partial charge is 0.512 e. The van der Waals surface area contributed by atoms with Gasteiger partial charge in [0.25, 0.3) is 0 Å². The van der Waals surface area contributed by atoms with Gasteiger partial charge in [-0.25, -0.2) is 0 Å². The molecule has 0 saturated heterocycles. The van der Waals surface area contributed by atoms with E-state index in [4.69, 9.17) is 14.0 Å². The molecule has 0 fully saturated rings. The van der Waals surface area contributed by atoms with Crippen molar-refractivity contribution in [3.8, 4) is 5.75 Å². The van der Waals surface area contributed by atoms with E-state index in [9.17, 15) is 4.57 Å². The quantitative estimate of drug-likeness (QED) is 0.346. The number of methoxy groups -OCH3 is 1. The molecular formula is C23H32O4P+. The average molecular weight is 403 g/mol. The molecule has 0 aliphatic heterocycles. The fraction of sp³-hybridized carbons (Fsp3) is 0.478. The molecule has 0 aliphatic carbocycles. The molecule has 2 aromatic rings. The molecule has 0 heterocycles. The lowest BCUT2D eigenvalue weighted by atomic mass is 9.92. The van der Waals surface area contributed by atoms with E-state index in [2.05, 4.69) is 52.0 Å². The zero-order valence-corrected chi connectivity index (χ0v) is 18.8. The Labute approximate surface area is 170 Å². The number of rotatable bonds is 10. The molecule has 1 atom stereocenters. The molecule has 5 heteroatoms. The summed E-state index contributed by atoms with van der Waals surface area (Å²) < 4.78 is 27.9. The topological polar surface area (TPSA) is 44.8 Å². The lowest BCUT2D eigenvalue weighted by molar-refractivity contribution is 0.0502. The SMILES string of the molecule is CCO[P+](=O)Cc1cc(C)c(Cc2ccc(OCOC)c(C(C)C)c2)c(C)c1. The predicted molar refractivity (Wildman–Crippen MR) is 115 cm³/mol. The molecule has 4 nitrogen and oxygen atoms in total. The van der Waals surface area contributed by atoms with Crippen LogP contribution in [0.3, 0.4) is 0 Å². The minimum Gasteiger partial charge on any atom is -0.467 e. The minimum absolute atomic E-state index is 0.253. The van der Waals surface area contributed by atoms with E-state index in [-0.39, 0.29) is 6.79 Å². The number of benzene rings is 2. The van der Waals surface area contributed by atoms with Crippen LogP contribution >= 0.6 is 8.03 Å². The molecule has 0 spiro atoms. The lowest BCUT2D eigenvalue weighted by Gasteiger charge is -2.17. The highest BCUT2D eigenvalue weighted by Gasteiger charge is 2.19. The second-order valence-electron chi connectivity index (χ2n) is 7.37. The standard InChI is InChI=1S/C23H32O4P/c1-7-27-28(24)14-20-10-17(4)22(18(5)11-20)13-19-8-9-23(26-15-25-6)21(12-19)16(2)3/h8-12,16H,7,13-15H2,1-6H3/q+1. The van der Waals surface area contributed by atoms with Gasteiger partial charge < -0.3 is 9.47 Å². The summed E-state index contributed by atoms with van der Waals surface area (Å²) in [7, 11) is -0.00601. The summed E-state index contributed by atoms with van der Waals surface area (Å²) in [6.07, 6.45) is 1.33. The van der Waals surface area contributed by atoms with Gasteiger partial charge in [0.05, 0.1) is 6.61 Å². The van der Waals surface area contributed by atoms with Crippen molar-refractivity contribution in [3.63, 3.8) is 0 Å². The van der Waals surface area contributed by atoms with Gasteiger partial charge in [-0.1, -0.05) is 38.1 Å². The molecule has 0 aromatic heterocycles. The molecule has 152 valence electrons. The summed E-state index contributed by atoms with van der Waals surface area (Å²) in [4.78, 5) is 0. The number of hydrogen-bond acceptors (Lipinski definition) is 4. The van der Waals surface area contributed by atoms with Gasteiger partial charge in [0.2, 0.25) is 6.16 Å². The predicted octanol–water partition coefficient (Wildman–Crippen LogP) is 6.28. The molecule has 0 bridgehead atoms. The first-order valence-electron chi connectivity index (χ1n) is 9.76. The molecule has 0 N–H and O–H groups in total. The highest BCUT2D eigenvalue weighted by atomic mass is 31.1. The van der Waals surface area contributed by atoms with Crippen LogP contribution in [0, 0.1) is 13.8 Å². The van der Waals surface area contributed by atoms with Crippen molar-refractivity contribution in [2.45, 2.75) is 53.1 Å². The molecule has 0 amide bonds. The Morgan fingerprint density at radius 3 is 2.29 bits per heavy atom. The van der Waals surface area contributed by atoms with Gasteiger partial charge in [-0.05, 0) is 71.6 Å². The van der Waals surface area contributed by atoms with Gasteiger partial charge in [-0.3, -0.25) is 0 Å². The fourth-order valence-corrected chi connectivity index (χ4v) is 4.27. The highest BCUT2D eigenvalue weighted by molar-refractivity contribution is 7.38. The van der Waals surface area contributed by atoms with Crippen LogP contribution in [-0.2, 0) is 26.4 Å². The average Bonchev–Trinajstić information content (AvgIpc) is 2.63. The van der Waals surface area contributed by atoms with Crippen molar-refractivity contribution in [3.05, 3.63) is 63.7 Å². The Morgan fingerprint density at radius 2 is 1.71 bits per heavy atom. The maximum Gasteiger partial charge on any atom is 0.512 e. The minimum atomic E-state index is -1.63. The van der Waals surface area contributed by atoms with Gasteiger partial charge in [-0.15, -0.1) is 4.52 Å². The molecule has 1 unspecified atom stereocenters. The Hall–Kier alpha value is -1.74. The van der Waals surface area contributed by atoms with Crippen LogP contribution in [0.5, 0.6) is 5.75 Å². The van der Waals surface area contributed by atoms with Crippen LogP contribution < -0.4 is 4.74 Å². The third-order valence-electron chi connectivity index (χ3n) is 4.75. The maximum atomic E-state index is 11.9. The van der Waals surface area contributed by atoms with Crippen molar-refractivity contribution < 1.29 is 18.6 Å². The number of hydrogen-bond donors (Lipinski definition) is 0. The molecule has 2 aromatic carbocycles. The second kappa shape index (κ2) is 10.7. The highest BCUT2D eigenvalue weighted by Crippen LogP contribution is 2.32. The second-order valence-corrected chi connectivity index (χ2v) is 8.61. The molecule has 0 saturated carbocycles. The van der Waals surface area contributed by atoms with Crippen LogP contribution in [0.25, 0.3) is 0 Å². The van der Waals surface area contributed by atoms with E-state index >= 15 is 0 Å². The monoisotopic (exact) mass is 403 g/mol. The summed E-state index contributed by atoms with van der Waals surface area (Å²) in [5.41, 5.74) is 7.28. The van der Waals surface area contributed by atoms with E-state index in [1.54, 1.807) is 7.11 Å². The van der Waals surface area contributed by atoms with Crippen molar-refractivity contribution in [1.82, 2.24) is 0 Å². The Balaban J connectivity index is 2.25. The van der Waals surface area contributed by atoms with Crippen LogP contribution in [-0.4, -0.2) is 20.5 Å². The summed E-state index contributed by atoms with van der Waals surface area (Å²) in [6.45, 7) is 11.2. The lowest BCUT2D eigenvalue weighted by Crippen LogP contribution is -2.04. The Bertz CT molecular complexity index is 791. The summed E-state index contributed by atoms with van der Waals surface area (Å²) in [6, 6.07) is 10.7. The molecule has 0 aliphatic rings. The first kappa shape index (κ1) is 22.5. The van der Waals surface area contributed by atoms with Crippen LogP contribution in [0.15, 0.2) is 30.3 Å². The third kappa shape index (κ3) is 6.13. The zero-order chi connectivity index (χ0) is 20.7.